The predicted octanol–water partition coefficient (Wildman–Crippen LogP) is 3.38. The molecule has 0 aliphatic carbocycles. The molecule has 10 heteroatoms. The summed E-state index contributed by atoms with van der Waals surface area (Å²) in [6, 6.07) is 11.2. The van der Waals surface area contributed by atoms with Crippen molar-refractivity contribution in [2.75, 3.05) is 24.1 Å². The molecule has 1 aromatic carbocycles. The van der Waals surface area contributed by atoms with Crippen molar-refractivity contribution >= 4 is 41.0 Å². The summed E-state index contributed by atoms with van der Waals surface area (Å²) in [7, 11) is 0. The fourth-order valence-electron chi connectivity index (χ4n) is 4.07. The average molecular weight is 465 g/mol. The Morgan fingerprint density at radius 2 is 2.00 bits per heavy atom. The summed E-state index contributed by atoms with van der Waals surface area (Å²) in [6.45, 7) is 3.81. The third kappa shape index (κ3) is 4.50. The highest BCUT2D eigenvalue weighted by Gasteiger charge is 2.23. The number of pyridine rings is 1. The van der Waals surface area contributed by atoms with Crippen LogP contribution < -0.4 is 16.4 Å². The minimum atomic E-state index is -0.221. The van der Waals surface area contributed by atoms with Crippen molar-refractivity contribution in [2.45, 2.75) is 25.8 Å². The van der Waals surface area contributed by atoms with Crippen molar-refractivity contribution in [3.8, 4) is 11.3 Å². The van der Waals surface area contributed by atoms with Crippen molar-refractivity contribution in [1.29, 1.82) is 0 Å². The number of halogens is 1. The van der Waals surface area contributed by atoms with Gasteiger partial charge in [0.2, 0.25) is 0 Å². The zero-order valence-corrected chi connectivity index (χ0v) is 19.0. The van der Waals surface area contributed by atoms with Crippen molar-refractivity contribution in [2.24, 2.45) is 0 Å². The Labute approximate surface area is 197 Å². The second-order valence-corrected chi connectivity index (χ2v) is 8.00. The number of hydrogen-bond acceptors (Lipinski definition) is 7. The Morgan fingerprint density at radius 3 is 2.73 bits per heavy atom. The van der Waals surface area contributed by atoms with Gasteiger partial charge in [0.05, 0.1) is 11.4 Å². The van der Waals surface area contributed by atoms with Crippen LogP contribution >= 0.6 is 12.4 Å². The van der Waals surface area contributed by atoms with Crippen LogP contribution in [-0.4, -0.2) is 43.7 Å². The number of amides is 1. The fourth-order valence-corrected chi connectivity index (χ4v) is 4.07. The highest BCUT2D eigenvalue weighted by atomic mass is 35.5. The van der Waals surface area contributed by atoms with E-state index in [1.54, 1.807) is 18.3 Å². The van der Waals surface area contributed by atoms with Gasteiger partial charge in [-0.25, -0.2) is 19.6 Å². The van der Waals surface area contributed by atoms with Crippen molar-refractivity contribution < 1.29 is 4.79 Å². The van der Waals surface area contributed by atoms with E-state index in [1.807, 2.05) is 35.9 Å². The first-order chi connectivity index (χ1) is 15.6. The van der Waals surface area contributed by atoms with Gasteiger partial charge in [0.25, 0.3) is 5.91 Å². The third-order valence-electron chi connectivity index (χ3n) is 5.71. The molecule has 1 aliphatic heterocycles. The van der Waals surface area contributed by atoms with Crippen LogP contribution in [0.1, 0.15) is 34.8 Å². The number of anilines is 2. The van der Waals surface area contributed by atoms with Gasteiger partial charge in [-0.05, 0) is 56.1 Å². The molecule has 4 N–H and O–H groups in total. The van der Waals surface area contributed by atoms with E-state index in [4.69, 9.17) is 10.8 Å². The summed E-state index contributed by atoms with van der Waals surface area (Å²) in [5.41, 5.74) is 10.1. The Hall–Kier alpha value is -3.56. The lowest BCUT2D eigenvalue weighted by atomic mass is 10.1. The first-order valence-electron chi connectivity index (χ1n) is 10.6. The second kappa shape index (κ2) is 9.51. The molecule has 4 aromatic rings. The van der Waals surface area contributed by atoms with E-state index in [0.717, 1.165) is 53.8 Å². The van der Waals surface area contributed by atoms with Crippen molar-refractivity contribution in [3.05, 3.63) is 60.0 Å². The number of piperidine rings is 1. The minimum absolute atomic E-state index is 0. The smallest absolute Gasteiger partial charge is 0.256 e. The van der Waals surface area contributed by atoms with Gasteiger partial charge in [-0.15, -0.1) is 12.4 Å². The molecule has 0 bridgehead atoms. The normalized spacial score (nSPS) is 15.7. The molecular weight excluding hydrogens is 440 g/mol. The monoisotopic (exact) mass is 464 g/mol. The van der Waals surface area contributed by atoms with E-state index in [0.29, 0.717) is 17.2 Å². The highest BCUT2D eigenvalue weighted by Crippen LogP contribution is 2.33. The number of benzene rings is 1. The largest absolute Gasteiger partial charge is 0.383 e. The first-order valence-corrected chi connectivity index (χ1v) is 10.6. The van der Waals surface area contributed by atoms with Crippen LogP contribution in [0.25, 0.3) is 22.3 Å². The number of aryl methyl sites for hydroxylation is 1. The lowest BCUT2D eigenvalue weighted by Crippen LogP contribution is -2.32. The molecule has 1 saturated heterocycles. The SMILES string of the molecule is Cc1ccnc(NC(=O)c2ccc(-c3nn(C4CCCNC4)c4ncnc(N)c34)cc2)c1.Cl. The lowest BCUT2D eigenvalue weighted by Gasteiger charge is -2.23. The molecule has 170 valence electrons. The molecule has 33 heavy (non-hydrogen) atoms. The molecule has 0 saturated carbocycles. The number of nitrogens with zero attached hydrogens (tertiary/aromatic N) is 5. The zero-order valence-electron chi connectivity index (χ0n) is 18.2. The lowest BCUT2D eigenvalue weighted by molar-refractivity contribution is 0.102. The standard InChI is InChI=1S/C23H24N8O.ClH/c1-14-8-10-26-18(11-14)29-23(32)16-6-4-15(5-7-16)20-19-21(24)27-13-28-22(19)31(30-20)17-3-2-9-25-12-17;/h4-8,10-11,13,17,25H,2-3,9,12H2,1H3,(H2,24,27,28)(H,26,29,32);1H. The average Bonchev–Trinajstić information content (AvgIpc) is 3.21. The maximum Gasteiger partial charge on any atom is 0.256 e. The van der Waals surface area contributed by atoms with Gasteiger partial charge in [-0.2, -0.15) is 5.10 Å². The van der Waals surface area contributed by atoms with Crippen LogP contribution in [0.15, 0.2) is 48.9 Å². The summed E-state index contributed by atoms with van der Waals surface area (Å²) >= 11 is 0. The summed E-state index contributed by atoms with van der Waals surface area (Å²) < 4.78 is 1.96. The van der Waals surface area contributed by atoms with E-state index in [-0.39, 0.29) is 24.4 Å². The zero-order chi connectivity index (χ0) is 22.1. The second-order valence-electron chi connectivity index (χ2n) is 8.00. The topological polar surface area (TPSA) is 124 Å². The number of hydrogen-bond donors (Lipinski definition) is 3. The maximum atomic E-state index is 12.6. The minimum Gasteiger partial charge on any atom is -0.383 e. The molecule has 3 aromatic heterocycles. The molecule has 9 nitrogen and oxygen atoms in total. The number of carbonyl (C=O) groups is 1. The molecule has 0 spiro atoms. The Morgan fingerprint density at radius 1 is 1.18 bits per heavy atom. The molecular formula is C23H25ClN8O. The number of carbonyl (C=O) groups excluding carboxylic acids is 1. The predicted molar refractivity (Wildman–Crippen MR) is 130 cm³/mol. The number of rotatable bonds is 4. The van der Waals surface area contributed by atoms with Crippen LogP contribution in [0.3, 0.4) is 0 Å². The van der Waals surface area contributed by atoms with Crippen LogP contribution in [-0.2, 0) is 0 Å². The summed E-state index contributed by atoms with van der Waals surface area (Å²) in [6.07, 6.45) is 5.26. The molecule has 1 atom stereocenters. The van der Waals surface area contributed by atoms with Gasteiger partial charge < -0.3 is 16.4 Å². The van der Waals surface area contributed by atoms with Crippen LogP contribution in [0.2, 0.25) is 0 Å². The van der Waals surface area contributed by atoms with E-state index < -0.39 is 0 Å². The summed E-state index contributed by atoms with van der Waals surface area (Å²) in [5.74, 6) is 0.698. The summed E-state index contributed by atoms with van der Waals surface area (Å²) in [4.78, 5) is 25.5. The molecule has 1 fully saturated rings. The third-order valence-corrected chi connectivity index (χ3v) is 5.71. The van der Waals surface area contributed by atoms with E-state index in [1.165, 1.54) is 6.33 Å². The molecule has 1 unspecified atom stereocenters. The molecule has 0 radical (unpaired) electrons. The number of nitrogens with one attached hydrogen (secondary N) is 2. The van der Waals surface area contributed by atoms with E-state index in [2.05, 4.69) is 25.6 Å². The summed E-state index contributed by atoms with van der Waals surface area (Å²) in [5, 5.41) is 11.9. The highest BCUT2D eigenvalue weighted by molar-refractivity contribution is 6.04. The maximum absolute atomic E-state index is 12.6. The van der Waals surface area contributed by atoms with Gasteiger partial charge in [0.1, 0.15) is 23.7 Å². The molecule has 4 heterocycles. The fraction of sp³-hybridized carbons (Fsp3) is 0.261. The van der Waals surface area contributed by atoms with Gasteiger partial charge in [0.15, 0.2) is 5.65 Å². The number of nitrogen functional groups attached to an aromatic ring is 1. The number of fused-ring (bicyclic) bond motifs is 1. The molecule has 1 aliphatic rings. The van der Waals surface area contributed by atoms with E-state index in [9.17, 15) is 4.79 Å². The molecule has 1 amide bonds. The Balaban J connectivity index is 0.00000259. The van der Waals surface area contributed by atoms with Crippen LogP contribution in [0, 0.1) is 6.92 Å². The van der Waals surface area contributed by atoms with E-state index >= 15 is 0 Å². The number of nitrogens with two attached hydrogens (primary N) is 1. The van der Waals surface area contributed by atoms with Crippen molar-refractivity contribution in [1.82, 2.24) is 30.0 Å². The first kappa shape index (κ1) is 22.6. The van der Waals surface area contributed by atoms with Gasteiger partial charge >= 0.3 is 0 Å². The number of aromatic nitrogens is 5. The van der Waals surface area contributed by atoms with Gasteiger partial charge in [-0.1, -0.05) is 12.1 Å². The van der Waals surface area contributed by atoms with Crippen LogP contribution in [0.5, 0.6) is 0 Å². The quantitative estimate of drug-likeness (QED) is 0.423. The van der Waals surface area contributed by atoms with Gasteiger partial charge in [0, 0.05) is 23.9 Å². The van der Waals surface area contributed by atoms with Crippen molar-refractivity contribution in [3.63, 3.8) is 0 Å². The Bertz CT molecular complexity index is 1280. The van der Waals surface area contributed by atoms with Crippen LogP contribution in [0.4, 0.5) is 11.6 Å². The van der Waals surface area contributed by atoms with Gasteiger partial charge in [-0.3, -0.25) is 4.79 Å². The molecule has 5 rings (SSSR count). The Kier molecular flexibility index (Phi) is 6.52.